The zero-order valence-corrected chi connectivity index (χ0v) is 17.7. The number of carbonyl (C=O) groups excluding carboxylic acids is 1. The van der Waals surface area contributed by atoms with Gasteiger partial charge in [0, 0.05) is 6.04 Å². The fraction of sp³-hybridized carbons (Fsp3) is 0.458. The van der Waals surface area contributed by atoms with E-state index in [1.54, 1.807) is 24.0 Å². The van der Waals surface area contributed by atoms with Gasteiger partial charge in [-0.25, -0.2) is 9.18 Å². The third-order valence-electron chi connectivity index (χ3n) is 5.04. The van der Waals surface area contributed by atoms with Crippen molar-refractivity contribution in [2.24, 2.45) is 0 Å². The number of aryl methyl sites for hydroxylation is 1. The van der Waals surface area contributed by atoms with Crippen LogP contribution >= 0.6 is 0 Å². The Morgan fingerprint density at radius 1 is 1.14 bits per heavy atom. The number of rotatable bonds is 5. The van der Waals surface area contributed by atoms with Crippen molar-refractivity contribution in [3.8, 4) is 0 Å². The fourth-order valence-electron chi connectivity index (χ4n) is 3.56. The summed E-state index contributed by atoms with van der Waals surface area (Å²) in [5.41, 5.74) is 2.02. The molecule has 0 unspecified atom stereocenters. The van der Waals surface area contributed by atoms with Crippen LogP contribution in [0.1, 0.15) is 43.9 Å². The minimum atomic E-state index is -0.569. The summed E-state index contributed by atoms with van der Waals surface area (Å²) < 4.78 is 25.7. The molecule has 5 heteroatoms. The Hall–Kier alpha value is -2.40. The summed E-state index contributed by atoms with van der Waals surface area (Å²) in [6, 6.07) is 15.1. The van der Waals surface area contributed by atoms with Crippen molar-refractivity contribution in [2.75, 3.05) is 6.54 Å². The molecule has 0 aliphatic carbocycles. The Morgan fingerprint density at radius 2 is 1.86 bits per heavy atom. The molecule has 156 valence electrons. The number of hydrogen-bond donors (Lipinski definition) is 0. The molecule has 2 aromatic rings. The number of carbonyl (C=O) groups is 1. The molecule has 0 saturated carbocycles. The Bertz CT molecular complexity index is 832. The summed E-state index contributed by atoms with van der Waals surface area (Å²) in [6.07, 6.45) is 0.840. The average Bonchev–Trinajstić information content (AvgIpc) is 3.05. The zero-order valence-electron chi connectivity index (χ0n) is 17.7. The third kappa shape index (κ3) is 6.04. The molecule has 29 heavy (non-hydrogen) atoms. The molecule has 1 amide bonds. The average molecular weight is 400 g/mol. The number of amides is 1. The molecule has 1 aliphatic heterocycles. The predicted molar refractivity (Wildman–Crippen MR) is 111 cm³/mol. The monoisotopic (exact) mass is 399 g/mol. The Morgan fingerprint density at radius 3 is 2.52 bits per heavy atom. The molecule has 0 spiro atoms. The minimum absolute atomic E-state index is 0.0805. The van der Waals surface area contributed by atoms with Gasteiger partial charge in [0.1, 0.15) is 11.4 Å². The van der Waals surface area contributed by atoms with E-state index < -0.39 is 5.60 Å². The van der Waals surface area contributed by atoms with Crippen LogP contribution in [0.2, 0.25) is 0 Å². The summed E-state index contributed by atoms with van der Waals surface area (Å²) in [5.74, 6) is -0.221. The molecule has 1 saturated heterocycles. The lowest BCUT2D eigenvalue weighted by molar-refractivity contribution is 0.0150. The Balaban J connectivity index is 1.70. The Labute approximate surface area is 172 Å². The lowest BCUT2D eigenvalue weighted by Gasteiger charge is -2.28. The van der Waals surface area contributed by atoms with E-state index in [-0.39, 0.29) is 24.1 Å². The van der Waals surface area contributed by atoms with Crippen LogP contribution in [0.5, 0.6) is 0 Å². The largest absolute Gasteiger partial charge is 0.444 e. The summed E-state index contributed by atoms with van der Waals surface area (Å²) in [7, 11) is 0. The molecule has 1 heterocycles. The van der Waals surface area contributed by atoms with E-state index in [9.17, 15) is 9.18 Å². The van der Waals surface area contributed by atoms with Crippen LogP contribution in [0.15, 0.2) is 48.5 Å². The molecule has 2 atom stereocenters. The summed E-state index contributed by atoms with van der Waals surface area (Å²) in [4.78, 5) is 14.5. The fourth-order valence-corrected chi connectivity index (χ4v) is 3.56. The van der Waals surface area contributed by atoms with Gasteiger partial charge in [-0.1, -0.05) is 42.5 Å². The van der Waals surface area contributed by atoms with Gasteiger partial charge >= 0.3 is 6.09 Å². The van der Waals surface area contributed by atoms with Crippen LogP contribution < -0.4 is 0 Å². The van der Waals surface area contributed by atoms with Gasteiger partial charge in [0.25, 0.3) is 0 Å². The van der Waals surface area contributed by atoms with Crippen molar-refractivity contribution in [1.29, 1.82) is 0 Å². The van der Waals surface area contributed by atoms with E-state index in [1.165, 1.54) is 0 Å². The maximum Gasteiger partial charge on any atom is 0.410 e. The maximum absolute atomic E-state index is 14.0. The zero-order chi connectivity index (χ0) is 21.0. The van der Waals surface area contributed by atoms with Crippen molar-refractivity contribution in [1.82, 2.24) is 4.90 Å². The predicted octanol–water partition coefficient (Wildman–Crippen LogP) is 5.27. The lowest BCUT2D eigenvalue weighted by atomic mass is 10.0. The number of ether oxygens (including phenoxy) is 2. The van der Waals surface area contributed by atoms with Crippen molar-refractivity contribution in [3.05, 3.63) is 71.0 Å². The maximum atomic E-state index is 14.0. The first kappa shape index (κ1) is 21.3. The van der Waals surface area contributed by atoms with Crippen LogP contribution in [0.25, 0.3) is 0 Å². The molecular formula is C24H30FNO3. The van der Waals surface area contributed by atoms with E-state index in [0.29, 0.717) is 31.6 Å². The molecule has 0 bridgehead atoms. The molecule has 1 aliphatic rings. The molecule has 4 nitrogen and oxygen atoms in total. The van der Waals surface area contributed by atoms with Gasteiger partial charge in [-0.2, -0.15) is 0 Å². The number of hydrogen-bond acceptors (Lipinski definition) is 3. The topological polar surface area (TPSA) is 38.8 Å². The first-order valence-electron chi connectivity index (χ1n) is 10.1. The van der Waals surface area contributed by atoms with Crippen molar-refractivity contribution < 1.29 is 18.7 Å². The molecule has 0 radical (unpaired) electrons. The van der Waals surface area contributed by atoms with E-state index in [1.807, 2.05) is 57.2 Å². The highest BCUT2D eigenvalue weighted by molar-refractivity contribution is 5.69. The number of halogens is 1. The second-order valence-electron chi connectivity index (χ2n) is 8.73. The van der Waals surface area contributed by atoms with Crippen LogP contribution in [0.4, 0.5) is 9.18 Å². The molecule has 3 rings (SSSR count). The highest BCUT2D eigenvalue weighted by Crippen LogP contribution is 2.27. The quantitative estimate of drug-likeness (QED) is 0.687. The normalized spacial score (nSPS) is 19.4. The van der Waals surface area contributed by atoms with E-state index >= 15 is 0 Å². The SMILES string of the molecule is Cc1ccc(C[C@@H]2C[C@@H](OCc3ccccc3)CN2C(=O)OC(C)(C)C)cc1F. The first-order valence-corrected chi connectivity index (χ1v) is 10.1. The van der Waals surface area contributed by atoms with Crippen molar-refractivity contribution in [2.45, 2.75) is 64.9 Å². The molecular weight excluding hydrogens is 369 g/mol. The van der Waals surface area contributed by atoms with Gasteiger partial charge < -0.3 is 14.4 Å². The van der Waals surface area contributed by atoms with Gasteiger partial charge in [0.15, 0.2) is 0 Å². The van der Waals surface area contributed by atoms with Crippen molar-refractivity contribution in [3.63, 3.8) is 0 Å². The number of likely N-dealkylation sites (tertiary alicyclic amines) is 1. The van der Waals surface area contributed by atoms with Crippen LogP contribution in [0.3, 0.4) is 0 Å². The minimum Gasteiger partial charge on any atom is -0.444 e. The molecule has 0 aromatic heterocycles. The summed E-state index contributed by atoms with van der Waals surface area (Å²) in [5, 5.41) is 0. The van der Waals surface area contributed by atoms with Gasteiger partial charge in [-0.05, 0) is 63.3 Å². The third-order valence-corrected chi connectivity index (χ3v) is 5.04. The van der Waals surface area contributed by atoms with Crippen LogP contribution in [-0.4, -0.2) is 35.3 Å². The summed E-state index contributed by atoms with van der Waals surface area (Å²) >= 11 is 0. The van der Waals surface area contributed by atoms with Gasteiger partial charge in [-0.15, -0.1) is 0 Å². The number of nitrogens with zero attached hydrogens (tertiary/aromatic N) is 1. The van der Waals surface area contributed by atoms with E-state index in [0.717, 1.165) is 11.1 Å². The first-order chi connectivity index (χ1) is 13.7. The van der Waals surface area contributed by atoms with E-state index in [4.69, 9.17) is 9.47 Å². The van der Waals surface area contributed by atoms with E-state index in [2.05, 4.69) is 0 Å². The van der Waals surface area contributed by atoms with Crippen molar-refractivity contribution >= 4 is 6.09 Å². The highest BCUT2D eigenvalue weighted by atomic mass is 19.1. The van der Waals surface area contributed by atoms with Crippen LogP contribution in [0, 0.1) is 12.7 Å². The second kappa shape index (κ2) is 8.95. The molecule has 1 fully saturated rings. The lowest BCUT2D eigenvalue weighted by Crippen LogP contribution is -2.41. The molecule has 2 aromatic carbocycles. The van der Waals surface area contributed by atoms with Crippen LogP contribution in [-0.2, 0) is 22.5 Å². The Kier molecular flexibility index (Phi) is 6.58. The smallest absolute Gasteiger partial charge is 0.410 e. The highest BCUT2D eigenvalue weighted by Gasteiger charge is 2.38. The molecule has 0 N–H and O–H groups in total. The standard InChI is InChI=1S/C24H30FNO3/c1-17-10-11-19(13-22(17)25)12-20-14-21(28-16-18-8-6-5-7-9-18)15-26(20)23(27)29-24(2,3)4/h5-11,13,20-21H,12,14-16H2,1-4H3/t20-,21-/m1/s1. The van der Waals surface area contributed by atoms with Gasteiger partial charge in [0.05, 0.1) is 19.3 Å². The number of benzene rings is 2. The van der Waals surface area contributed by atoms with Gasteiger partial charge in [-0.3, -0.25) is 0 Å². The summed E-state index contributed by atoms with van der Waals surface area (Å²) in [6.45, 7) is 8.29. The van der Waals surface area contributed by atoms with Gasteiger partial charge in [0.2, 0.25) is 0 Å². The second-order valence-corrected chi connectivity index (χ2v) is 8.73.